The zero-order valence-corrected chi connectivity index (χ0v) is 18.6. The van der Waals surface area contributed by atoms with Gasteiger partial charge >= 0.3 is 0 Å². The third kappa shape index (κ3) is 5.39. The molecule has 0 aromatic heterocycles. The number of nitrogens with two attached hydrogens (primary N) is 1. The maximum absolute atomic E-state index is 12.8. The lowest BCUT2D eigenvalue weighted by Crippen LogP contribution is -2.51. The number of methoxy groups -OCH3 is 1. The van der Waals surface area contributed by atoms with Gasteiger partial charge in [0.05, 0.1) is 25.9 Å². The van der Waals surface area contributed by atoms with E-state index in [1.54, 1.807) is 7.11 Å². The molecule has 2 fully saturated rings. The number of fused-ring (bicyclic) bond motifs is 2. The first-order valence-electron chi connectivity index (χ1n) is 11.1. The predicted molar refractivity (Wildman–Crippen MR) is 117 cm³/mol. The Morgan fingerprint density at radius 2 is 1.91 bits per heavy atom. The second kappa shape index (κ2) is 10.8. The molecule has 0 radical (unpaired) electrons. The Hall–Kier alpha value is -2.65. The Bertz CT molecular complexity index is 814. The normalized spacial score (nSPS) is 20.6. The Balaban J connectivity index is 0.000000913. The van der Waals surface area contributed by atoms with Gasteiger partial charge in [0, 0.05) is 19.0 Å². The van der Waals surface area contributed by atoms with Gasteiger partial charge in [0.2, 0.25) is 11.8 Å². The number of likely N-dealkylation sites (tertiary alicyclic amines) is 2. The number of carbonyl (C=O) groups is 3. The number of rotatable bonds is 4. The van der Waals surface area contributed by atoms with Crippen molar-refractivity contribution in [3.63, 3.8) is 0 Å². The molecule has 3 heterocycles. The maximum atomic E-state index is 12.8. The minimum atomic E-state index is -0.281. The number of carboxylic acid groups (broad SMARTS) is 1. The largest absolute Gasteiger partial charge is 0.497 e. The molecular formula is C23H33N3O6. The number of amides is 2. The third-order valence-corrected chi connectivity index (χ3v) is 6.83. The molecule has 1 aromatic carbocycles. The quantitative estimate of drug-likeness (QED) is 0.660. The van der Waals surface area contributed by atoms with Gasteiger partial charge in [-0.05, 0) is 68.5 Å². The molecule has 32 heavy (non-hydrogen) atoms. The molecule has 0 bridgehead atoms. The number of benzene rings is 1. The summed E-state index contributed by atoms with van der Waals surface area (Å²) >= 11 is 0. The Kier molecular flexibility index (Phi) is 8.09. The number of carbonyl (C=O) groups excluding carboxylic acids is 2. The van der Waals surface area contributed by atoms with Crippen LogP contribution in [0.4, 0.5) is 0 Å². The average molecular weight is 448 g/mol. The van der Waals surface area contributed by atoms with Crippen LogP contribution in [0, 0.1) is 5.92 Å². The third-order valence-electron chi connectivity index (χ3n) is 6.83. The fourth-order valence-corrected chi connectivity index (χ4v) is 4.98. The van der Waals surface area contributed by atoms with Crippen LogP contribution in [0.1, 0.15) is 36.8 Å². The molecule has 0 saturated carbocycles. The van der Waals surface area contributed by atoms with E-state index in [4.69, 9.17) is 25.1 Å². The van der Waals surface area contributed by atoms with E-state index in [-0.39, 0.29) is 29.8 Å². The fraction of sp³-hybridized carbons (Fsp3) is 0.609. The number of hydrogen-bond acceptors (Lipinski definition) is 6. The summed E-state index contributed by atoms with van der Waals surface area (Å²) in [6.45, 7) is 3.82. The van der Waals surface area contributed by atoms with Gasteiger partial charge in [-0.25, -0.2) is 0 Å². The van der Waals surface area contributed by atoms with Crippen molar-refractivity contribution in [2.75, 3.05) is 46.4 Å². The van der Waals surface area contributed by atoms with Gasteiger partial charge in [-0.15, -0.1) is 0 Å². The van der Waals surface area contributed by atoms with Crippen LogP contribution in [0.15, 0.2) is 18.2 Å². The number of hydrogen-bond donors (Lipinski definition) is 2. The molecule has 2 saturated heterocycles. The predicted octanol–water partition coefficient (Wildman–Crippen LogP) is 0.984. The van der Waals surface area contributed by atoms with Crippen molar-refractivity contribution in [2.45, 2.75) is 37.7 Å². The van der Waals surface area contributed by atoms with Gasteiger partial charge in [0.25, 0.3) is 6.47 Å². The van der Waals surface area contributed by atoms with Crippen LogP contribution in [-0.2, 0) is 31.1 Å². The Morgan fingerprint density at radius 1 is 1.25 bits per heavy atom. The molecule has 4 rings (SSSR count). The van der Waals surface area contributed by atoms with Crippen molar-refractivity contribution >= 4 is 18.3 Å². The minimum Gasteiger partial charge on any atom is -0.497 e. The topological polar surface area (TPSA) is 122 Å². The van der Waals surface area contributed by atoms with Crippen LogP contribution < -0.4 is 10.5 Å². The van der Waals surface area contributed by atoms with Gasteiger partial charge in [-0.3, -0.25) is 19.3 Å². The molecule has 0 aliphatic carbocycles. The monoisotopic (exact) mass is 447 g/mol. The number of ether oxygens (including phenoxy) is 2. The summed E-state index contributed by atoms with van der Waals surface area (Å²) in [7, 11) is 1.69. The number of nitrogens with zero attached hydrogens (tertiary/aromatic N) is 2. The van der Waals surface area contributed by atoms with E-state index >= 15 is 0 Å². The first kappa shape index (κ1) is 24.0. The highest BCUT2D eigenvalue weighted by atomic mass is 16.5. The fourth-order valence-electron chi connectivity index (χ4n) is 4.98. The van der Waals surface area contributed by atoms with Crippen LogP contribution in [0.2, 0.25) is 0 Å². The second-order valence-electron chi connectivity index (χ2n) is 8.55. The summed E-state index contributed by atoms with van der Waals surface area (Å²) in [5, 5.41) is 6.89. The van der Waals surface area contributed by atoms with Crippen molar-refractivity contribution in [2.24, 2.45) is 11.7 Å². The van der Waals surface area contributed by atoms with Crippen LogP contribution in [0.3, 0.4) is 0 Å². The van der Waals surface area contributed by atoms with Crippen molar-refractivity contribution in [3.05, 3.63) is 29.3 Å². The zero-order valence-electron chi connectivity index (χ0n) is 18.6. The van der Waals surface area contributed by atoms with Gasteiger partial charge in [-0.1, -0.05) is 6.07 Å². The van der Waals surface area contributed by atoms with E-state index in [0.29, 0.717) is 26.2 Å². The molecule has 176 valence electrons. The summed E-state index contributed by atoms with van der Waals surface area (Å²) in [6.07, 6.45) is 4.04. The van der Waals surface area contributed by atoms with Crippen molar-refractivity contribution in [1.82, 2.24) is 9.80 Å². The minimum absolute atomic E-state index is 0.0432. The smallest absolute Gasteiger partial charge is 0.290 e. The van der Waals surface area contributed by atoms with Gasteiger partial charge < -0.3 is 25.2 Å². The molecule has 2 amide bonds. The zero-order chi connectivity index (χ0) is 23.1. The van der Waals surface area contributed by atoms with Gasteiger partial charge in [0.1, 0.15) is 5.75 Å². The molecule has 9 nitrogen and oxygen atoms in total. The Labute approximate surface area is 188 Å². The highest BCUT2D eigenvalue weighted by molar-refractivity contribution is 5.79. The number of primary amides is 1. The molecule has 9 heteroatoms. The molecule has 1 aromatic rings. The van der Waals surface area contributed by atoms with Crippen LogP contribution in [-0.4, -0.2) is 79.6 Å². The molecule has 3 aliphatic heterocycles. The SMILES string of the molecule is COc1ccc2c(c1)CCOC21CCN(C(=O)CN2CCC(C(N)=O)CC2)CC1.O=CO. The van der Waals surface area contributed by atoms with E-state index in [0.717, 1.165) is 50.9 Å². The lowest BCUT2D eigenvalue weighted by atomic mass is 9.79. The van der Waals surface area contributed by atoms with Crippen molar-refractivity contribution in [3.8, 4) is 5.75 Å². The molecule has 0 atom stereocenters. The molecule has 3 aliphatic rings. The summed E-state index contributed by atoms with van der Waals surface area (Å²) in [5.41, 5.74) is 7.67. The van der Waals surface area contributed by atoms with E-state index < -0.39 is 0 Å². The highest BCUT2D eigenvalue weighted by Crippen LogP contribution is 2.42. The first-order chi connectivity index (χ1) is 15.4. The van der Waals surface area contributed by atoms with E-state index in [1.165, 1.54) is 11.1 Å². The van der Waals surface area contributed by atoms with Gasteiger partial charge in [-0.2, -0.15) is 0 Å². The maximum Gasteiger partial charge on any atom is 0.290 e. The van der Waals surface area contributed by atoms with Crippen molar-refractivity contribution in [1.29, 1.82) is 0 Å². The van der Waals surface area contributed by atoms with Crippen LogP contribution in [0.5, 0.6) is 5.75 Å². The molecule has 0 unspecified atom stereocenters. The van der Waals surface area contributed by atoms with Crippen LogP contribution >= 0.6 is 0 Å². The van der Waals surface area contributed by atoms with E-state index in [2.05, 4.69) is 17.0 Å². The summed E-state index contributed by atoms with van der Waals surface area (Å²) in [4.78, 5) is 36.6. The highest BCUT2D eigenvalue weighted by Gasteiger charge is 2.42. The second-order valence-corrected chi connectivity index (χ2v) is 8.55. The summed E-state index contributed by atoms with van der Waals surface area (Å²) in [6, 6.07) is 6.25. The van der Waals surface area contributed by atoms with E-state index in [1.807, 2.05) is 11.0 Å². The molecule has 3 N–H and O–H groups in total. The summed E-state index contributed by atoms with van der Waals surface area (Å²) < 4.78 is 11.7. The van der Waals surface area contributed by atoms with Crippen molar-refractivity contribution < 1.29 is 29.0 Å². The lowest BCUT2D eigenvalue weighted by molar-refractivity contribution is -0.142. The lowest BCUT2D eigenvalue weighted by Gasteiger charge is -2.45. The Morgan fingerprint density at radius 3 is 2.50 bits per heavy atom. The first-order valence-corrected chi connectivity index (χ1v) is 11.1. The van der Waals surface area contributed by atoms with E-state index in [9.17, 15) is 9.59 Å². The molecule has 1 spiro atoms. The van der Waals surface area contributed by atoms with Crippen LogP contribution in [0.25, 0.3) is 0 Å². The summed E-state index contributed by atoms with van der Waals surface area (Å²) in [5.74, 6) is 0.790. The molecular weight excluding hydrogens is 414 g/mol. The average Bonchev–Trinajstić information content (AvgIpc) is 2.80. The standard InChI is InChI=1S/C22H31N3O4.CH2O2/c1-28-18-2-3-19-17(14-18)6-13-29-22(19)7-11-25(12-8-22)20(26)15-24-9-4-16(5-10-24)21(23)27;2-1-3/h2-3,14,16H,4-13,15H2,1H3,(H2,23,27);1H,(H,2,3). The number of piperidine rings is 2. The van der Waals surface area contributed by atoms with Gasteiger partial charge in [0.15, 0.2) is 0 Å².